The van der Waals surface area contributed by atoms with Crippen LogP contribution in [0, 0.1) is 5.41 Å². The van der Waals surface area contributed by atoms with Crippen molar-refractivity contribution in [1.82, 2.24) is 4.90 Å². The van der Waals surface area contributed by atoms with E-state index in [2.05, 4.69) is 0 Å². The summed E-state index contributed by atoms with van der Waals surface area (Å²) in [6.45, 7) is 3.45. The van der Waals surface area contributed by atoms with E-state index < -0.39 is 0 Å². The Morgan fingerprint density at radius 1 is 1.58 bits per heavy atom. The van der Waals surface area contributed by atoms with Gasteiger partial charge in [-0.25, -0.2) is 0 Å². The van der Waals surface area contributed by atoms with E-state index in [1.54, 1.807) is 4.90 Å². The van der Waals surface area contributed by atoms with Crippen molar-refractivity contribution in [3.63, 3.8) is 0 Å². The lowest BCUT2D eigenvalue weighted by Crippen LogP contribution is -2.35. The zero-order valence-electron chi connectivity index (χ0n) is 7.97. The van der Waals surface area contributed by atoms with Crippen molar-refractivity contribution in [3.05, 3.63) is 0 Å². The highest BCUT2D eigenvalue weighted by Gasteiger charge is 2.42. The first-order valence-corrected chi connectivity index (χ1v) is 4.57. The van der Waals surface area contributed by atoms with Crippen molar-refractivity contribution in [3.8, 4) is 0 Å². The first-order valence-electron chi connectivity index (χ1n) is 4.57. The second-order valence-corrected chi connectivity index (χ2v) is 3.81. The van der Waals surface area contributed by atoms with E-state index in [0.29, 0.717) is 13.0 Å². The van der Waals surface area contributed by atoms with Crippen LogP contribution in [0.1, 0.15) is 26.2 Å². The van der Waals surface area contributed by atoms with Crippen molar-refractivity contribution >= 4 is 5.91 Å². The van der Waals surface area contributed by atoms with Crippen LogP contribution >= 0.6 is 0 Å². The molecule has 3 nitrogen and oxygen atoms in total. The third-order valence-corrected chi connectivity index (χ3v) is 2.69. The molecule has 1 fully saturated rings. The molecule has 2 N–H and O–H groups in total. The van der Waals surface area contributed by atoms with Gasteiger partial charge in [0.1, 0.15) is 0 Å². The first kappa shape index (κ1) is 9.52. The molecule has 0 aromatic heterocycles. The van der Waals surface area contributed by atoms with Crippen molar-refractivity contribution in [2.24, 2.45) is 11.1 Å². The van der Waals surface area contributed by atoms with Crippen molar-refractivity contribution < 1.29 is 4.79 Å². The van der Waals surface area contributed by atoms with E-state index in [0.717, 1.165) is 6.54 Å². The number of rotatable bonds is 4. The van der Waals surface area contributed by atoms with Gasteiger partial charge in [-0.05, 0) is 19.4 Å². The maximum Gasteiger partial charge on any atom is 0.222 e. The van der Waals surface area contributed by atoms with Gasteiger partial charge < -0.3 is 10.6 Å². The zero-order chi connectivity index (χ0) is 9.19. The molecule has 1 aliphatic carbocycles. The molecule has 1 rings (SSSR count). The Morgan fingerprint density at radius 3 is 2.50 bits per heavy atom. The van der Waals surface area contributed by atoms with E-state index in [-0.39, 0.29) is 11.3 Å². The Balaban J connectivity index is 2.35. The molecular formula is C9H18N2O. The highest BCUT2D eigenvalue weighted by Crippen LogP contribution is 2.44. The summed E-state index contributed by atoms with van der Waals surface area (Å²) in [5.41, 5.74) is 5.90. The second-order valence-electron chi connectivity index (χ2n) is 3.81. The molecule has 1 amide bonds. The molecule has 12 heavy (non-hydrogen) atoms. The average molecular weight is 170 g/mol. The summed E-state index contributed by atoms with van der Waals surface area (Å²) in [4.78, 5) is 13.0. The topological polar surface area (TPSA) is 46.3 Å². The van der Waals surface area contributed by atoms with Crippen LogP contribution in [0.4, 0.5) is 0 Å². The summed E-state index contributed by atoms with van der Waals surface area (Å²) in [7, 11) is 1.86. The number of hydrogen-bond donors (Lipinski definition) is 1. The van der Waals surface area contributed by atoms with Crippen LogP contribution in [-0.2, 0) is 4.79 Å². The summed E-state index contributed by atoms with van der Waals surface area (Å²) < 4.78 is 0. The van der Waals surface area contributed by atoms with Crippen molar-refractivity contribution in [2.45, 2.75) is 26.2 Å². The minimum atomic E-state index is 0.217. The Labute approximate surface area is 73.9 Å². The third-order valence-electron chi connectivity index (χ3n) is 2.69. The lowest BCUT2D eigenvalue weighted by atomic mass is 10.1. The van der Waals surface area contributed by atoms with Gasteiger partial charge >= 0.3 is 0 Å². The fraction of sp³-hybridized carbons (Fsp3) is 0.889. The van der Waals surface area contributed by atoms with Crippen LogP contribution in [0.15, 0.2) is 0 Å². The predicted molar refractivity (Wildman–Crippen MR) is 48.6 cm³/mol. The highest BCUT2D eigenvalue weighted by molar-refractivity contribution is 5.75. The molecule has 0 aromatic carbocycles. The molecule has 0 bridgehead atoms. The van der Waals surface area contributed by atoms with Gasteiger partial charge in [0.15, 0.2) is 0 Å². The largest absolute Gasteiger partial charge is 0.345 e. The first-order chi connectivity index (χ1) is 5.63. The number of amides is 1. The number of carbonyl (C=O) groups is 1. The van der Waals surface area contributed by atoms with Gasteiger partial charge in [-0.1, -0.05) is 6.92 Å². The Kier molecular flexibility index (Phi) is 2.73. The lowest BCUT2D eigenvalue weighted by Gasteiger charge is -2.22. The van der Waals surface area contributed by atoms with Gasteiger partial charge in [0.2, 0.25) is 5.91 Å². The Bertz CT molecular complexity index is 175. The monoisotopic (exact) mass is 170 g/mol. The SMILES string of the molecule is CCC(=O)N(C)CC1(CN)CC1. The second kappa shape index (κ2) is 3.44. The van der Waals surface area contributed by atoms with E-state index in [1.165, 1.54) is 12.8 Å². The maximum absolute atomic E-state index is 11.2. The third kappa shape index (κ3) is 1.97. The summed E-state index contributed by atoms with van der Waals surface area (Å²) in [6.07, 6.45) is 2.97. The molecule has 0 spiro atoms. The van der Waals surface area contributed by atoms with Gasteiger partial charge in [-0.3, -0.25) is 4.79 Å². The highest BCUT2D eigenvalue weighted by atomic mass is 16.2. The lowest BCUT2D eigenvalue weighted by molar-refractivity contribution is -0.130. The van der Waals surface area contributed by atoms with E-state index in [1.807, 2.05) is 14.0 Å². The average Bonchev–Trinajstić information content (AvgIpc) is 2.84. The standard InChI is InChI=1S/C9H18N2O/c1-3-8(12)11(2)7-9(6-10)4-5-9/h3-7,10H2,1-2H3. The quantitative estimate of drug-likeness (QED) is 0.671. The molecule has 0 atom stereocenters. The smallest absolute Gasteiger partial charge is 0.222 e. The fourth-order valence-electron chi connectivity index (χ4n) is 1.46. The minimum absolute atomic E-state index is 0.217. The fourth-order valence-corrected chi connectivity index (χ4v) is 1.46. The number of nitrogens with two attached hydrogens (primary N) is 1. The molecule has 0 radical (unpaired) electrons. The normalized spacial score (nSPS) is 18.9. The molecule has 1 aliphatic rings. The van der Waals surface area contributed by atoms with Gasteiger partial charge in [-0.15, -0.1) is 0 Å². The molecule has 0 heterocycles. The summed E-state index contributed by atoms with van der Waals surface area (Å²) >= 11 is 0. The van der Waals surface area contributed by atoms with Crippen LogP contribution in [0.25, 0.3) is 0 Å². The number of nitrogens with zero attached hydrogens (tertiary/aromatic N) is 1. The molecule has 1 saturated carbocycles. The summed E-state index contributed by atoms with van der Waals surface area (Å²) in [5.74, 6) is 0.217. The Morgan fingerprint density at radius 2 is 2.17 bits per heavy atom. The van der Waals surface area contributed by atoms with Crippen molar-refractivity contribution in [1.29, 1.82) is 0 Å². The van der Waals surface area contributed by atoms with Gasteiger partial charge in [0, 0.05) is 25.4 Å². The summed E-state index contributed by atoms with van der Waals surface area (Å²) in [5, 5.41) is 0. The van der Waals surface area contributed by atoms with E-state index in [9.17, 15) is 4.79 Å². The molecule has 0 saturated heterocycles. The van der Waals surface area contributed by atoms with Crippen LogP contribution in [0.5, 0.6) is 0 Å². The Hall–Kier alpha value is -0.570. The number of hydrogen-bond acceptors (Lipinski definition) is 2. The number of carbonyl (C=O) groups excluding carboxylic acids is 1. The van der Waals surface area contributed by atoms with Gasteiger partial charge in [-0.2, -0.15) is 0 Å². The van der Waals surface area contributed by atoms with Crippen molar-refractivity contribution in [2.75, 3.05) is 20.1 Å². The molecule has 0 unspecified atom stereocenters. The minimum Gasteiger partial charge on any atom is -0.345 e. The molecule has 0 aliphatic heterocycles. The predicted octanol–water partition coefficient (Wildman–Crippen LogP) is 0.594. The molecule has 70 valence electrons. The summed E-state index contributed by atoms with van der Waals surface area (Å²) in [6, 6.07) is 0. The van der Waals surface area contributed by atoms with Gasteiger partial charge in [0.25, 0.3) is 0 Å². The molecule has 0 aromatic rings. The van der Waals surface area contributed by atoms with Crippen LogP contribution in [0.2, 0.25) is 0 Å². The van der Waals surface area contributed by atoms with Gasteiger partial charge in [0.05, 0.1) is 0 Å². The molecular weight excluding hydrogens is 152 g/mol. The van der Waals surface area contributed by atoms with E-state index in [4.69, 9.17) is 5.73 Å². The maximum atomic E-state index is 11.2. The van der Waals surface area contributed by atoms with Crippen LogP contribution < -0.4 is 5.73 Å². The zero-order valence-corrected chi connectivity index (χ0v) is 7.97. The van der Waals surface area contributed by atoms with Crippen LogP contribution in [-0.4, -0.2) is 30.9 Å². The van der Waals surface area contributed by atoms with E-state index >= 15 is 0 Å². The molecule has 3 heteroatoms. The van der Waals surface area contributed by atoms with Crippen LogP contribution in [0.3, 0.4) is 0 Å².